The minimum Gasteiger partial charge on any atom is -0.462 e. The number of esters is 1. The van der Waals surface area contributed by atoms with Crippen molar-refractivity contribution in [3.63, 3.8) is 0 Å². The number of rotatable bonds is 48. The van der Waals surface area contributed by atoms with Crippen molar-refractivity contribution in [2.45, 2.75) is 296 Å². The molecule has 0 aromatic carbocycles. The fraction of sp³-hybridized carbons (Fsp3) is 0.855. The first-order chi connectivity index (χ1) is 30.0. The number of hydrogen-bond acceptors (Lipinski definition) is 5. The minimum atomic E-state index is -0.791. The van der Waals surface area contributed by atoms with Gasteiger partial charge in [0.25, 0.3) is 0 Å². The van der Waals surface area contributed by atoms with Crippen LogP contribution in [0.1, 0.15) is 278 Å². The Morgan fingerprint density at radius 1 is 0.492 bits per heavy atom. The molecule has 3 N–H and O–H groups in total. The molecule has 3 atom stereocenters. The molecule has 0 bridgehead atoms. The molecule has 0 aliphatic rings. The summed E-state index contributed by atoms with van der Waals surface area (Å²) < 4.78 is 5.93. The van der Waals surface area contributed by atoms with Crippen molar-refractivity contribution in [2.24, 2.45) is 0 Å². The number of aliphatic hydroxyl groups is 2. The SMILES string of the molecule is CC/C=C/C/C=C/C/C=C/CCCCCCC(CC(=O)NC(CO)C(O)CCCCCCCCCCCCCCCC)OC(=O)CCCCCCCCCCCCCCCC. The van der Waals surface area contributed by atoms with Gasteiger partial charge < -0.3 is 20.3 Å². The average molecular weight is 858 g/mol. The van der Waals surface area contributed by atoms with Crippen molar-refractivity contribution in [3.8, 4) is 0 Å². The second-order valence-corrected chi connectivity index (χ2v) is 18.3. The predicted molar refractivity (Wildman–Crippen MR) is 264 cm³/mol. The highest BCUT2D eigenvalue weighted by Crippen LogP contribution is 2.18. The Kier molecular flexibility index (Phi) is 47.6. The normalized spacial score (nSPS) is 13.5. The lowest BCUT2D eigenvalue weighted by Gasteiger charge is -2.24. The first kappa shape index (κ1) is 59.1. The largest absolute Gasteiger partial charge is 0.462 e. The van der Waals surface area contributed by atoms with Gasteiger partial charge in [0.05, 0.1) is 25.2 Å². The van der Waals surface area contributed by atoms with Gasteiger partial charge in [-0.1, -0.05) is 243 Å². The van der Waals surface area contributed by atoms with Crippen LogP contribution >= 0.6 is 0 Å². The third-order valence-corrected chi connectivity index (χ3v) is 12.2. The van der Waals surface area contributed by atoms with Crippen molar-refractivity contribution in [1.82, 2.24) is 5.32 Å². The van der Waals surface area contributed by atoms with Gasteiger partial charge in [-0.3, -0.25) is 9.59 Å². The molecule has 6 heteroatoms. The Balaban J connectivity index is 4.57. The molecule has 61 heavy (non-hydrogen) atoms. The van der Waals surface area contributed by atoms with Crippen molar-refractivity contribution in [2.75, 3.05) is 6.61 Å². The molecule has 358 valence electrons. The molecule has 0 aliphatic carbocycles. The number of ether oxygens (including phenoxy) is 1. The van der Waals surface area contributed by atoms with Crippen LogP contribution in [0.5, 0.6) is 0 Å². The van der Waals surface area contributed by atoms with Crippen molar-refractivity contribution < 1.29 is 24.5 Å². The van der Waals surface area contributed by atoms with E-state index in [2.05, 4.69) is 62.5 Å². The fourth-order valence-corrected chi connectivity index (χ4v) is 8.21. The second kappa shape index (κ2) is 49.1. The molecule has 1 amide bonds. The zero-order chi connectivity index (χ0) is 44.5. The summed E-state index contributed by atoms with van der Waals surface area (Å²) in [6, 6.07) is -0.706. The van der Waals surface area contributed by atoms with Crippen molar-refractivity contribution in [3.05, 3.63) is 36.5 Å². The van der Waals surface area contributed by atoms with E-state index in [4.69, 9.17) is 4.74 Å². The highest BCUT2D eigenvalue weighted by Gasteiger charge is 2.24. The van der Waals surface area contributed by atoms with E-state index in [0.717, 1.165) is 89.9 Å². The molecular formula is C55H103NO5. The quantitative estimate of drug-likeness (QED) is 0.0322. The summed E-state index contributed by atoms with van der Waals surface area (Å²) in [6.07, 6.45) is 57.7. The Hall–Kier alpha value is -1.92. The number of allylic oxidation sites excluding steroid dienone is 6. The monoisotopic (exact) mass is 858 g/mol. The molecule has 3 unspecified atom stereocenters. The van der Waals surface area contributed by atoms with Gasteiger partial charge in [0.2, 0.25) is 5.91 Å². The summed E-state index contributed by atoms with van der Waals surface area (Å²) in [7, 11) is 0. The summed E-state index contributed by atoms with van der Waals surface area (Å²) in [5, 5.41) is 23.8. The number of hydrogen-bond donors (Lipinski definition) is 3. The van der Waals surface area contributed by atoms with Crippen LogP contribution in [0.3, 0.4) is 0 Å². The van der Waals surface area contributed by atoms with Crippen molar-refractivity contribution in [1.29, 1.82) is 0 Å². The maximum atomic E-state index is 13.2. The van der Waals surface area contributed by atoms with E-state index in [1.165, 1.54) is 141 Å². The molecule has 0 rings (SSSR count). The Morgan fingerprint density at radius 2 is 0.885 bits per heavy atom. The first-order valence-corrected chi connectivity index (χ1v) is 26.7. The number of carbonyl (C=O) groups excluding carboxylic acids is 2. The van der Waals surface area contributed by atoms with Crippen LogP contribution in [-0.4, -0.2) is 46.9 Å². The highest BCUT2D eigenvalue weighted by molar-refractivity contribution is 5.77. The van der Waals surface area contributed by atoms with Gasteiger partial charge in [-0.2, -0.15) is 0 Å². The van der Waals surface area contributed by atoms with E-state index < -0.39 is 18.2 Å². The van der Waals surface area contributed by atoms with Gasteiger partial charge in [0.15, 0.2) is 0 Å². The topological polar surface area (TPSA) is 95.9 Å². The number of nitrogens with one attached hydrogen (secondary N) is 1. The molecule has 0 aliphatic heterocycles. The van der Waals surface area contributed by atoms with Gasteiger partial charge in [0.1, 0.15) is 6.10 Å². The summed E-state index contributed by atoms with van der Waals surface area (Å²) in [5.41, 5.74) is 0. The average Bonchev–Trinajstić information content (AvgIpc) is 3.25. The maximum absolute atomic E-state index is 13.2. The van der Waals surface area contributed by atoms with E-state index in [9.17, 15) is 19.8 Å². The van der Waals surface area contributed by atoms with Crippen LogP contribution in [-0.2, 0) is 14.3 Å². The van der Waals surface area contributed by atoms with E-state index >= 15 is 0 Å². The van der Waals surface area contributed by atoms with Crippen LogP contribution in [0.2, 0.25) is 0 Å². The number of carbonyl (C=O) groups is 2. The van der Waals surface area contributed by atoms with E-state index in [-0.39, 0.29) is 24.9 Å². The molecule has 0 heterocycles. The standard InChI is InChI=1S/C55H103NO5/c1-4-7-10-13-16-19-22-25-28-31-34-37-40-43-46-51(61-55(60)48-45-42-39-36-33-30-27-24-21-18-15-12-9-6-3)49-54(59)56-52(50-57)53(58)47-44-41-38-35-32-29-26-23-20-17-14-11-8-5-2/h7,10,16,19,25,28,51-53,57-58H,4-6,8-9,11-15,17-18,20-24,26-27,29-50H2,1-3H3,(H,56,59)/b10-7+,19-16+,28-25+. The molecule has 0 spiro atoms. The van der Waals surface area contributed by atoms with Gasteiger partial charge in [0, 0.05) is 6.42 Å². The fourth-order valence-electron chi connectivity index (χ4n) is 8.21. The smallest absolute Gasteiger partial charge is 0.306 e. The number of amides is 1. The van der Waals surface area contributed by atoms with E-state index in [1.807, 2.05) is 0 Å². The summed E-state index contributed by atoms with van der Waals surface area (Å²) >= 11 is 0. The number of unbranched alkanes of at least 4 members (excludes halogenated alkanes) is 30. The zero-order valence-electron chi connectivity index (χ0n) is 40.8. The third kappa shape index (κ3) is 44.5. The van der Waals surface area contributed by atoms with Crippen LogP contribution in [0.25, 0.3) is 0 Å². The Bertz CT molecular complexity index is 1010. The molecule has 6 nitrogen and oxygen atoms in total. The first-order valence-electron chi connectivity index (χ1n) is 26.7. The second-order valence-electron chi connectivity index (χ2n) is 18.3. The molecule has 0 aromatic rings. The van der Waals surface area contributed by atoms with Crippen molar-refractivity contribution >= 4 is 11.9 Å². The lowest BCUT2D eigenvalue weighted by atomic mass is 10.0. The lowest BCUT2D eigenvalue weighted by molar-refractivity contribution is -0.151. The van der Waals surface area contributed by atoms with Gasteiger partial charge in [-0.05, 0) is 57.8 Å². The predicted octanol–water partition coefficient (Wildman–Crippen LogP) is 16.1. The zero-order valence-corrected chi connectivity index (χ0v) is 40.8. The summed E-state index contributed by atoms with van der Waals surface area (Å²) in [4.78, 5) is 26.2. The van der Waals surface area contributed by atoms with E-state index in [1.54, 1.807) is 0 Å². The van der Waals surface area contributed by atoms with Gasteiger partial charge in [-0.25, -0.2) is 0 Å². The molecule has 0 saturated carbocycles. The van der Waals surface area contributed by atoms with Crippen LogP contribution in [0.15, 0.2) is 36.5 Å². The third-order valence-electron chi connectivity index (χ3n) is 12.2. The van der Waals surface area contributed by atoms with Gasteiger partial charge in [-0.15, -0.1) is 0 Å². The molecular weight excluding hydrogens is 755 g/mol. The van der Waals surface area contributed by atoms with Gasteiger partial charge >= 0.3 is 5.97 Å². The van der Waals surface area contributed by atoms with Crippen LogP contribution < -0.4 is 5.32 Å². The minimum absolute atomic E-state index is 0.0665. The highest BCUT2D eigenvalue weighted by atomic mass is 16.5. The maximum Gasteiger partial charge on any atom is 0.306 e. The van der Waals surface area contributed by atoms with Crippen LogP contribution in [0, 0.1) is 0 Å². The molecule has 0 saturated heterocycles. The molecule has 0 fully saturated rings. The Morgan fingerprint density at radius 3 is 1.34 bits per heavy atom. The lowest BCUT2D eigenvalue weighted by Crippen LogP contribution is -2.46. The van der Waals surface area contributed by atoms with Crippen LogP contribution in [0.4, 0.5) is 0 Å². The Labute approximate surface area is 379 Å². The summed E-state index contributed by atoms with van der Waals surface area (Å²) in [5.74, 6) is -0.484. The van der Waals surface area contributed by atoms with E-state index in [0.29, 0.717) is 19.3 Å². The summed E-state index contributed by atoms with van der Waals surface area (Å²) in [6.45, 7) is 6.39. The molecule has 0 aromatic heterocycles. The molecule has 0 radical (unpaired) electrons. The number of aliphatic hydroxyl groups excluding tert-OH is 2.